The van der Waals surface area contributed by atoms with E-state index in [1.165, 1.54) is 45.2 Å². The SMILES string of the molecule is CCCNC1CCC(CC)CC1CN(C)C(C)C(C)C. The van der Waals surface area contributed by atoms with Crippen molar-refractivity contribution in [3.63, 3.8) is 0 Å². The van der Waals surface area contributed by atoms with Crippen LogP contribution >= 0.6 is 0 Å². The fraction of sp³-hybridized carbons (Fsp3) is 1.00. The second kappa shape index (κ2) is 9.04. The summed E-state index contributed by atoms with van der Waals surface area (Å²) in [6, 6.07) is 1.43. The average molecular weight is 283 g/mol. The third-order valence-electron chi connectivity index (χ3n) is 5.51. The summed E-state index contributed by atoms with van der Waals surface area (Å²) >= 11 is 0. The zero-order chi connectivity index (χ0) is 15.1. The smallest absolute Gasteiger partial charge is 0.0108 e. The lowest BCUT2D eigenvalue weighted by molar-refractivity contribution is 0.117. The maximum atomic E-state index is 3.81. The van der Waals surface area contributed by atoms with E-state index in [0.717, 1.165) is 23.8 Å². The summed E-state index contributed by atoms with van der Waals surface area (Å²) in [5.74, 6) is 2.54. The molecular weight excluding hydrogens is 244 g/mol. The van der Waals surface area contributed by atoms with Gasteiger partial charge in [-0.1, -0.05) is 34.1 Å². The van der Waals surface area contributed by atoms with E-state index in [9.17, 15) is 0 Å². The highest BCUT2D eigenvalue weighted by Crippen LogP contribution is 2.32. The van der Waals surface area contributed by atoms with Gasteiger partial charge < -0.3 is 10.2 Å². The van der Waals surface area contributed by atoms with Crippen molar-refractivity contribution < 1.29 is 0 Å². The van der Waals surface area contributed by atoms with Gasteiger partial charge in [0.05, 0.1) is 0 Å². The fourth-order valence-corrected chi connectivity index (χ4v) is 3.58. The van der Waals surface area contributed by atoms with E-state index in [1.54, 1.807) is 0 Å². The molecule has 0 spiro atoms. The van der Waals surface area contributed by atoms with Gasteiger partial charge in [-0.2, -0.15) is 0 Å². The number of hydrogen-bond acceptors (Lipinski definition) is 2. The molecule has 1 aliphatic carbocycles. The number of rotatable bonds is 8. The van der Waals surface area contributed by atoms with Gasteiger partial charge in [0.25, 0.3) is 0 Å². The summed E-state index contributed by atoms with van der Waals surface area (Å²) in [5.41, 5.74) is 0. The van der Waals surface area contributed by atoms with E-state index in [1.807, 2.05) is 0 Å². The number of nitrogens with one attached hydrogen (secondary N) is 1. The second-order valence-electron chi connectivity index (χ2n) is 7.33. The molecule has 0 aromatic rings. The van der Waals surface area contributed by atoms with Crippen LogP contribution in [0.2, 0.25) is 0 Å². The van der Waals surface area contributed by atoms with Gasteiger partial charge in [-0.25, -0.2) is 0 Å². The summed E-state index contributed by atoms with van der Waals surface area (Å²) in [6.07, 6.45) is 6.84. The summed E-state index contributed by atoms with van der Waals surface area (Å²) in [7, 11) is 2.32. The van der Waals surface area contributed by atoms with Crippen LogP contribution in [0.4, 0.5) is 0 Å². The largest absolute Gasteiger partial charge is 0.314 e. The molecule has 4 atom stereocenters. The molecule has 0 aromatic carbocycles. The molecule has 0 aliphatic heterocycles. The molecule has 0 saturated heterocycles. The molecule has 1 fully saturated rings. The first kappa shape index (κ1) is 18.0. The third-order valence-corrected chi connectivity index (χ3v) is 5.51. The zero-order valence-electron chi connectivity index (χ0n) is 14.8. The first-order valence-corrected chi connectivity index (χ1v) is 8.93. The predicted molar refractivity (Wildman–Crippen MR) is 90.1 cm³/mol. The van der Waals surface area contributed by atoms with E-state index in [4.69, 9.17) is 0 Å². The number of nitrogens with zero attached hydrogens (tertiary/aromatic N) is 1. The van der Waals surface area contributed by atoms with Gasteiger partial charge in [-0.3, -0.25) is 0 Å². The van der Waals surface area contributed by atoms with Crippen LogP contribution in [0.5, 0.6) is 0 Å². The number of hydrogen-bond donors (Lipinski definition) is 1. The quantitative estimate of drug-likeness (QED) is 0.719. The lowest BCUT2D eigenvalue weighted by atomic mass is 9.76. The highest BCUT2D eigenvalue weighted by atomic mass is 15.1. The van der Waals surface area contributed by atoms with Crippen LogP contribution in [0.15, 0.2) is 0 Å². The molecule has 0 radical (unpaired) electrons. The van der Waals surface area contributed by atoms with Gasteiger partial charge in [0.1, 0.15) is 0 Å². The Balaban J connectivity index is 2.58. The van der Waals surface area contributed by atoms with Gasteiger partial charge in [-0.15, -0.1) is 0 Å². The Morgan fingerprint density at radius 3 is 2.40 bits per heavy atom. The normalized spacial score (nSPS) is 29.1. The highest BCUT2D eigenvalue weighted by Gasteiger charge is 2.31. The van der Waals surface area contributed by atoms with E-state index in [0.29, 0.717) is 6.04 Å². The van der Waals surface area contributed by atoms with Gasteiger partial charge in [-0.05, 0) is 64.0 Å². The van der Waals surface area contributed by atoms with E-state index in [2.05, 4.69) is 51.9 Å². The Labute approximate surface area is 127 Å². The zero-order valence-corrected chi connectivity index (χ0v) is 14.8. The molecule has 2 nitrogen and oxygen atoms in total. The maximum Gasteiger partial charge on any atom is 0.0108 e. The van der Waals surface area contributed by atoms with Crippen molar-refractivity contribution in [3.05, 3.63) is 0 Å². The van der Waals surface area contributed by atoms with Crippen LogP contribution in [0, 0.1) is 17.8 Å². The first-order valence-electron chi connectivity index (χ1n) is 8.93. The van der Waals surface area contributed by atoms with Crippen molar-refractivity contribution in [2.24, 2.45) is 17.8 Å². The topological polar surface area (TPSA) is 15.3 Å². The van der Waals surface area contributed by atoms with Crippen molar-refractivity contribution in [1.29, 1.82) is 0 Å². The molecule has 1 saturated carbocycles. The van der Waals surface area contributed by atoms with Crippen molar-refractivity contribution in [1.82, 2.24) is 10.2 Å². The van der Waals surface area contributed by atoms with Gasteiger partial charge in [0.15, 0.2) is 0 Å². The van der Waals surface area contributed by atoms with E-state index in [-0.39, 0.29) is 0 Å². The van der Waals surface area contributed by atoms with Crippen LogP contribution in [0.1, 0.15) is 66.7 Å². The summed E-state index contributed by atoms with van der Waals surface area (Å²) < 4.78 is 0. The molecule has 1 aliphatic rings. The molecule has 2 heteroatoms. The van der Waals surface area contributed by atoms with Crippen LogP contribution in [0.3, 0.4) is 0 Å². The van der Waals surface area contributed by atoms with Gasteiger partial charge in [0, 0.05) is 18.6 Å². The third kappa shape index (κ3) is 5.37. The minimum absolute atomic E-state index is 0.684. The van der Waals surface area contributed by atoms with Gasteiger partial charge >= 0.3 is 0 Å². The standard InChI is InChI=1S/C18H38N2/c1-7-11-19-18-10-9-16(8-2)12-17(18)13-20(6)15(5)14(3)4/h14-19H,7-13H2,1-6H3. The molecular formula is C18H38N2. The van der Waals surface area contributed by atoms with Crippen LogP contribution in [-0.2, 0) is 0 Å². The first-order chi connectivity index (χ1) is 9.49. The fourth-order valence-electron chi connectivity index (χ4n) is 3.58. The van der Waals surface area contributed by atoms with Crippen LogP contribution < -0.4 is 5.32 Å². The Morgan fingerprint density at radius 2 is 1.85 bits per heavy atom. The molecule has 0 heterocycles. The van der Waals surface area contributed by atoms with E-state index < -0.39 is 0 Å². The minimum Gasteiger partial charge on any atom is -0.314 e. The molecule has 120 valence electrons. The summed E-state index contributed by atoms with van der Waals surface area (Å²) in [5, 5.41) is 3.81. The molecule has 1 N–H and O–H groups in total. The maximum absolute atomic E-state index is 3.81. The van der Waals surface area contributed by atoms with Crippen LogP contribution in [0.25, 0.3) is 0 Å². The van der Waals surface area contributed by atoms with Gasteiger partial charge in [0.2, 0.25) is 0 Å². The second-order valence-corrected chi connectivity index (χ2v) is 7.33. The summed E-state index contributed by atoms with van der Waals surface area (Å²) in [6.45, 7) is 14.1. The highest BCUT2D eigenvalue weighted by molar-refractivity contribution is 4.87. The van der Waals surface area contributed by atoms with Crippen molar-refractivity contribution >= 4 is 0 Å². The van der Waals surface area contributed by atoms with Crippen LogP contribution in [-0.4, -0.2) is 37.1 Å². The van der Waals surface area contributed by atoms with Crippen molar-refractivity contribution in [3.8, 4) is 0 Å². The molecule has 20 heavy (non-hydrogen) atoms. The van der Waals surface area contributed by atoms with Crippen molar-refractivity contribution in [2.75, 3.05) is 20.1 Å². The Morgan fingerprint density at radius 1 is 1.15 bits per heavy atom. The van der Waals surface area contributed by atoms with Crippen molar-refractivity contribution in [2.45, 2.75) is 78.8 Å². The minimum atomic E-state index is 0.684. The average Bonchev–Trinajstić information content (AvgIpc) is 2.44. The Kier molecular flexibility index (Phi) is 8.13. The Hall–Kier alpha value is -0.0800. The Bertz CT molecular complexity index is 252. The molecule has 0 bridgehead atoms. The summed E-state index contributed by atoms with van der Waals surface area (Å²) in [4.78, 5) is 2.59. The lowest BCUT2D eigenvalue weighted by Gasteiger charge is -2.40. The molecule has 0 aromatic heterocycles. The molecule has 4 unspecified atom stereocenters. The molecule has 0 amide bonds. The monoisotopic (exact) mass is 282 g/mol. The predicted octanol–water partition coefficient (Wildman–Crippen LogP) is 4.16. The lowest BCUT2D eigenvalue weighted by Crippen LogP contribution is -2.47. The van der Waals surface area contributed by atoms with E-state index >= 15 is 0 Å². The molecule has 1 rings (SSSR count).